The largest absolute Gasteiger partial charge is 0.336 e. The lowest BCUT2D eigenvalue weighted by molar-refractivity contribution is 0.272. The minimum Gasteiger partial charge on any atom is -0.336 e. The molecule has 4 rings (SSSR count). The van der Waals surface area contributed by atoms with Crippen LogP contribution in [0.15, 0.2) is 29.6 Å². The van der Waals surface area contributed by atoms with Gasteiger partial charge in [-0.1, -0.05) is 13.3 Å². The molecular weight excluding hydrogens is 288 g/mol. The molecule has 0 saturated heterocycles. The zero-order chi connectivity index (χ0) is 16.0. The Bertz CT molecular complexity index is 916. The molecule has 0 bridgehead atoms. The molecule has 0 N–H and O–H groups in total. The topological polar surface area (TPSA) is 52.7 Å². The summed E-state index contributed by atoms with van der Waals surface area (Å²) in [4.78, 5) is 20.7. The number of aryl methyl sites for hydroxylation is 1. The summed E-state index contributed by atoms with van der Waals surface area (Å²) in [7, 11) is 1.98. The van der Waals surface area contributed by atoms with E-state index in [1.807, 2.05) is 17.8 Å². The third-order valence-electron chi connectivity index (χ3n) is 5.44. The maximum atomic E-state index is 12.2. The molecule has 23 heavy (non-hydrogen) atoms. The molecule has 0 unspecified atom stereocenters. The number of aromatic nitrogens is 4. The van der Waals surface area contributed by atoms with Gasteiger partial charge >= 0.3 is 0 Å². The van der Waals surface area contributed by atoms with Crippen LogP contribution >= 0.6 is 0 Å². The third kappa shape index (κ3) is 2.26. The number of hydrogen-bond acceptors (Lipinski definition) is 3. The highest BCUT2D eigenvalue weighted by Gasteiger charge is 2.23. The van der Waals surface area contributed by atoms with Crippen molar-refractivity contribution in [2.45, 2.75) is 45.1 Å². The first kappa shape index (κ1) is 14.4. The van der Waals surface area contributed by atoms with Crippen molar-refractivity contribution < 1.29 is 0 Å². The van der Waals surface area contributed by atoms with Gasteiger partial charge in [-0.2, -0.15) is 4.98 Å². The molecule has 3 aromatic heterocycles. The van der Waals surface area contributed by atoms with Crippen LogP contribution in [0.1, 0.15) is 45.1 Å². The van der Waals surface area contributed by atoms with Crippen LogP contribution in [0.4, 0.5) is 0 Å². The van der Waals surface area contributed by atoms with Gasteiger partial charge in [0.25, 0.3) is 5.56 Å². The van der Waals surface area contributed by atoms with E-state index in [-0.39, 0.29) is 5.56 Å². The summed E-state index contributed by atoms with van der Waals surface area (Å²) in [6.07, 6.45) is 11.5. The molecule has 5 nitrogen and oxygen atoms in total. The molecule has 1 aliphatic carbocycles. The summed E-state index contributed by atoms with van der Waals surface area (Å²) in [5.41, 5.74) is 1.73. The van der Waals surface area contributed by atoms with Crippen LogP contribution < -0.4 is 5.56 Å². The van der Waals surface area contributed by atoms with E-state index in [9.17, 15) is 4.79 Å². The van der Waals surface area contributed by atoms with E-state index in [0.29, 0.717) is 11.4 Å². The summed E-state index contributed by atoms with van der Waals surface area (Å²) < 4.78 is 4.23. The van der Waals surface area contributed by atoms with Gasteiger partial charge in [-0.15, -0.1) is 0 Å². The van der Waals surface area contributed by atoms with E-state index in [2.05, 4.69) is 27.5 Å². The fraction of sp³-hybridized carbons (Fsp3) is 0.500. The maximum Gasteiger partial charge on any atom is 0.282 e. The molecule has 3 heterocycles. The highest BCUT2D eigenvalue weighted by molar-refractivity contribution is 6.02. The molecule has 1 aliphatic rings. The van der Waals surface area contributed by atoms with Gasteiger partial charge in [-0.3, -0.25) is 4.79 Å². The summed E-state index contributed by atoms with van der Waals surface area (Å²) in [6, 6.07) is 2.48. The smallest absolute Gasteiger partial charge is 0.282 e. The van der Waals surface area contributed by atoms with Gasteiger partial charge in [0.1, 0.15) is 5.65 Å². The average molecular weight is 310 g/mol. The van der Waals surface area contributed by atoms with Crippen LogP contribution in [0.3, 0.4) is 0 Å². The predicted molar refractivity (Wildman–Crippen MR) is 91.6 cm³/mol. The van der Waals surface area contributed by atoms with Crippen molar-refractivity contribution in [2.24, 2.45) is 13.0 Å². The summed E-state index contributed by atoms with van der Waals surface area (Å²) in [6.45, 7) is 2.28. The number of pyridine rings is 1. The van der Waals surface area contributed by atoms with Crippen molar-refractivity contribution in [3.05, 3.63) is 35.1 Å². The van der Waals surface area contributed by atoms with Gasteiger partial charge in [0, 0.05) is 30.9 Å². The fourth-order valence-corrected chi connectivity index (χ4v) is 3.98. The second-order valence-electron chi connectivity index (χ2n) is 6.72. The minimum absolute atomic E-state index is 0.184. The Labute approximate surface area is 135 Å². The van der Waals surface area contributed by atoms with E-state index in [0.717, 1.165) is 35.3 Å². The lowest BCUT2D eigenvalue weighted by Crippen LogP contribution is -2.21. The number of fused-ring (bicyclic) bond motifs is 3. The first-order chi connectivity index (χ1) is 11.2. The quantitative estimate of drug-likeness (QED) is 0.728. The Kier molecular flexibility index (Phi) is 3.43. The highest BCUT2D eigenvalue weighted by atomic mass is 16.1. The average Bonchev–Trinajstić information content (AvgIpc) is 2.97. The van der Waals surface area contributed by atoms with Crippen molar-refractivity contribution in [3.63, 3.8) is 0 Å². The third-order valence-corrected chi connectivity index (χ3v) is 5.44. The highest BCUT2D eigenvalue weighted by Crippen LogP contribution is 2.35. The van der Waals surface area contributed by atoms with E-state index < -0.39 is 0 Å². The number of nitrogens with zero attached hydrogens (tertiary/aromatic N) is 4. The molecule has 0 amide bonds. The summed E-state index contributed by atoms with van der Waals surface area (Å²) in [5.74, 6) is 0.850. The maximum absolute atomic E-state index is 12.2. The Hall–Kier alpha value is -2.17. The van der Waals surface area contributed by atoms with E-state index >= 15 is 0 Å². The molecule has 0 radical (unpaired) electrons. The molecule has 3 aromatic rings. The van der Waals surface area contributed by atoms with Crippen LogP contribution in [0.5, 0.6) is 0 Å². The molecule has 120 valence electrons. The summed E-state index contributed by atoms with van der Waals surface area (Å²) in [5, 5.41) is 1.67. The first-order valence-corrected chi connectivity index (χ1v) is 8.50. The van der Waals surface area contributed by atoms with Crippen molar-refractivity contribution in [2.75, 3.05) is 0 Å². The zero-order valence-corrected chi connectivity index (χ0v) is 13.7. The zero-order valence-electron chi connectivity index (χ0n) is 13.7. The lowest BCUT2D eigenvalue weighted by atomic mass is 9.84. The van der Waals surface area contributed by atoms with E-state index in [1.165, 1.54) is 19.3 Å². The standard InChI is InChI=1S/C18H22N4O/c1-3-12-4-6-13(7-5-12)22-11-20-18(23)15-10-19-17-14(16(15)22)8-9-21(17)2/h8-13H,3-7H2,1-2H3. The minimum atomic E-state index is -0.184. The number of rotatable bonds is 2. The van der Waals surface area contributed by atoms with Gasteiger partial charge in [-0.25, -0.2) is 4.98 Å². The van der Waals surface area contributed by atoms with Crippen molar-refractivity contribution in [1.82, 2.24) is 19.1 Å². The number of hydrogen-bond donors (Lipinski definition) is 0. The SMILES string of the molecule is CCC1CCC(n2cnc(=O)c3cnc4c(ccn4C)c32)CC1. The van der Waals surface area contributed by atoms with Crippen LogP contribution in [0, 0.1) is 5.92 Å². The normalized spacial score (nSPS) is 22.0. The Morgan fingerprint density at radius 2 is 1.96 bits per heavy atom. The fourth-order valence-electron chi connectivity index (χ4n) is 3.98. The van der Waals surface area contributed by atoms with Crippen molar-refractivity contribution >= 4 is 21.9 Å². The van der Waals surface area contributed by atoms with Crippen molar-refractivity contribution in [1.29, 1.82) is 0 Å². The van der Waals surface area contributed by atoms with Gasteiger partial charge in [0.15, 0.2) is 0 Å². The second kappa shape index (κ2) is 5.48. The lowest BCUT2D eigenvalue weighted by Gasteiger charge is -2.30. The monoisotopic (exact) mass is 310 g/mol. The van der Waals surface area contributed by atoms with Gasteiger partial charge in [-0.05, 0) is 37.7 Å². The van der Waals surface area contributed by atoms with E-state index in [4.69, 9.17) is 0 Å². The molecule has 0 spiro atoms. The molecule has 1 saturated carbocycles. The van der Waals surface area contributed by atoms with E-state index in [1.54, 1.807) is 12.5 Å². The molecule has 1 fully saturated rings. The predicted octanol–water partition coefficient (Wildman–Crippen LogP) is 3.42. The molecule has 0 aliphatic heterocycles. The van der Waals surface area contributed by atoms with Crippen LogP contribution in [0.25, 0.3) is 21.9 Å². The van der Waals surface area contributed by atoms with Gasteiger partial charge in [0.05, 0.1) is 17.2 Å². The van der Waals surface area contributed by atoms with Gasteiger partial charge in [0.2, 0.25) is 0 Å². The van der Waals surface area contributed by atoms with Crippen LogP contribution in [0.2, 0.25) is 0 Å². The molecule has 0 aromatic carbocycles. The molecular formula is C18H22N4O. The Balaban J connectivity index is 1.91. The van der Waals surface area contributed by atoms with Crippen molar-refractivity contribution in [3.8, 4) is 0 Å². The molecule has 5 heteroatoms. The second-order valence-corrected chi connectivity index (χ2v) is 6.72. The van der Waals surface area contributed by atoms with Gasteiger partial charge < -0.3 is 9.13 Å². The first-order valence-electron chi connectivity index (χ1n) is 8.50. The Morgan fingerprint density at radius 3 is 2.70 bits per heavy atom. The van der Waals surface area contributed by atoms with Crippen LogP contribution in [-0.4, -0.2) is 19.1 Å². The molecule has 0 atom stereocenters. The summed E-state index contributed by atoms with van der Waals surface area (Å²) >= 11 is 0. The van der Waals surface area contributed by atoms with Crippen LogP contribution in [-0.2, 0) is 7.05 Å². The Morgan fingerprint density at radius 1 is 1.17 bits per heavy atom.